The first kappa shape index (κ1) is 20.3. The van der Waals surface area contributed by atoms with Gasteiger partial charge in [-0.1, -0.05) is 31.1 Å². The van der Waals surface area contributed by atoms with Gasteiger partial charge in [0.05, 0.1) is 12.6 Å². The molecule has 0 radical (unpaired) electrons. The first-order valence-corrected chi connectivity index (χ1v) is 8.07. The predicted octanol–water partition coefficient (Wildman–Crippen LogP) is 2.92. The molecule has 0 unspecified atom stereocenters. The Morgan fingerprint density at radius 3 is 2.62 bits per heavy atom. The maximum atomic E-state index is 12.2. The van der Waals surface area contributed by atoms with Crippen molar-refractivity contribution in [3.63, 3.8) is 0 Å². The number of allylic oxidation sites excluding steroid dienone is 1. The fourth-order valence-electron chi connectivity index (χ4n) is 3.01. The van der Waals surface area contributed by atoms with E-state index in [4.69, 9.17) is 15.2 Å². The Bertz CT molecular complexity index is 569. The Kier molecular flexibility index (Phi) is 8.08. The molecule has 1 fully saturated rings. The monoisotopic (exact) mass is 354 g/mol. The van der Waals surface area contributed by atoms with Crippen LogP contribution >= 0.6 is 12.4 Å². The molecule has 1 aliphatic rings. The van der Waals surface area contributed by atoms with E-state index in [1.54, 1.807) is 7.11 Å². The van der Waals surface area contributed by atoms with Crippen LogP contribution in [0.1, 0.15) is 38.2 Å². The molecule has 0 aliphatic heterocycles. The zero-order valence-electron chi connectivity index (χ0n) is 14.3. The third-order valence-electron chi connectivity index (χ3n) is 4.26. The largest absolute Gasteiger partial charge is 0.493 e. The molecule has 0 aromatic heterocycles. The second-order valence-electron chi connectivity index (χ2n) is 5.94. The Balaban J connectivity index is 0.00000288. The average Bonchev–Trinajstić information content (AvgIpc) is 3.02. The van der Waals surface area contributed by atoms with E-state index in [2.05, 4.69) is 5.32 Å². The average molecular weight is 355 g/mol. The van der Waals surface area contributed by atoms with Gasteiger partial charge in [0.2, 0.25) is 0 Å². The Morgan fingerprint density at radius 1 is 1.33 bits per heavy atom. The van der Waals surface area contributed by atoms with Crippen LogP contribution in [0.5, 0.6) is 11.5 Å². The van der Waals surface area contributed by atoms with Gasteiger partial charge in [-0.3, -0.25) is 4.79 Å². The van der Waals surface area contributed by atoms with Gasteiger partial charge in [-0.05, 0) is 37.5 Å². The van der Waals surface area contributed by atoms with Crippen molar-refractivity contribution < 1.29 is 14.3 Å². The molecule has 0 heterocycles. The summed E-state index contributed by atoms with van der Waals surface area (Å²) in [6, 6.07) is 5.62. The van der Waals surface area contributed by atoms with Crippen molar-refractivity contribution in [2.24, 2.45) is 5.73 Å². The lowest BCUT2D eigenvalue weighted by Crippen LogP contribution is -2.52. The summed E-state index contributed by atoms with van der Waals surface area (Å²) in [5, 5.41) is 3.04. The summed E-state index contributed by atoms with van der Waals surface area (Å²) in [6.45, 7) is 2.39. The third kappa shape index (κ3) is 5.14. The highest BCUT2D eigenvalue weighted by atomic mass is 35.5. The van der Waals surface area contributed by atoms with Crippen LogP contribution in [0.15, 0.2) is 24.3 Å². The maximum Gasteiger partial charge on any atom is 0.258 e. The Labute approximate surface area is 150 Å². The van der Waals surface area contributed by atoms with Gasteiger partial charge < -0.3 is 20.5 Å². The molecular weight excluding hydrogens is 328 g/mol. The van der Waals surface area contributed by atoms with Crippen molar-refractivity contribution >= 4 is 24.4 Å². The minimum Gasteiger partial charge on any atom is -0.493 e. The number of methoxy groups -OCH3 is 1. The van der Waals surface area contributed by atoms with Crippen molar-refractivity contribution in [1.29, 1.82) is 0 Å². The van der Waals surface area contributed by atoms with E-state index in [0.717, 1.165) is 31.2 Å². The summed E-state index contributed by atoms with van der Waals surface area (Å²) in [5.41, 5.74) is 6.61. The van der Waals surface area contributed by atoms with E-state index in [9.17, 15) is 4.79 Å². The smallest absolute Gasteiger partial charge is 0.258 e. The van der Waals surface area contributed by atoms with Gasteiger partial charge in [0, 0.05) is 6.54 Å². The Morgan fingerprint density at radius 2 is 2.04 bits per heavy atom. The van der Waals surface area contributed by atoms with E-state index >= 15 is 0 Å². The summed E-state index contributed by atoms with van der Waals surface area (Å²) < 4.78 is 10.9. The molecule has 134 valence electrons. The standard InChI is InChI=1S/C18H26N2O3.ClH/c1-3-6-14-7-8-15(16(11-14)22-2)23-12-17(21)20-18(13-19)9-4-5-10-18;/h3,6-8,11H,4-5,9-10,12-13,19H2,1-2H3,(H,20,21);1H/b6-3+;. The number of amides is 1. The molecule has 0 bridgehead atoms. The molecule has 0 saturated heterocycles. The van der Waals surface area contributed by atoms with Crippen LogP contribution in [0.3, 0.4) is 0 Å². The normalized spacial score (nSPS) is 15.8. The molecule has 1 aliphatic carbocycles. The predicted molar refractivity (Wildman–Crippen MR) is 98.8 cm³/mol. The van der Waals surface area contributed by atoms with E-state index in [0.29, 0.717) is 18.0 Å². The van der Waals surface area contributed by atoms with Crippen LogP contribution in [0.4, 0.5) is 0 Å². The lowest BCUT2D eigenvalue weighted by Gasteiger charge is -2.28. The van der Waals surface area contributed by atoms with E-state index in [1.165, 1.54) is 0 Å². The minimum absolute atomic E-state index is 0. The number of benzene rings is 1. The highest BCUT2D eigenvalue weighted by Crippen LogP contribution is 2.30. The number of carbonyl (C=O) groups is 1. The molecule has 1 amide bonds. The van der Waals surface area contributed by atoms with Gasteiger partial charge in [-0.15, -0.1) is 12.4 Å². The van der Waals surface area contributed by atoms with Crippen LogP contribution in [-0.2, 0) is 4.79 Å². The van der Waals surface area contributed by atoms with Gasteiger partial charge in [0.25, 0.3) is 5.91 Å². The molecule has 2 rings (SSSR count). The molecule has 24 heavy (non-hydrogen) atoms. The van der Waals surface area contributed by atoms with Crippen molar-refractivity contribution in [2.75, 3.05) is 20.3 Å². The zero-order valence-corrected chi connectivity index (χ0v) is 15.2. The number of hydrogen-bond acceptors (Lipinski definition) is 4. The van der Waals surface area contributed by atoms with E-state index in [-0.39, 0.29) is 30.5 Å². The van der Waals surface area contributed by atoms with Crippen molar-refractivity contribution in [1.82, 2.24) is 5.32 Å². The number of hydrogen-bond donors (Lipinski definition) is 2. The molecular formula is C18H27ClN2O3. The van der Waals surface area contributed by atoms with Crippen LogP contribution in [-0.4, -0.2) is 31.7 Å². The highest BCUT2D eigenvalue weighted by molar-refractivity contribution is 5.85. The van der Waals surface area contributed by atoms with Gasteiger partial charge in [-0.2, -0.15) is 0 Å². The molecule has 0 spiro atoms. The van der Waals surface area contributed by atoms with Gasteiger partial charge in [0.15, 0.2) is 18.1 Å². The third-order valence-corrected chi connectivity index (χ3v) is 4.26. The Hall–Kier alpha value is -1.72. The molecule has 0 atom stereocenters. The maximum absolute atomic E-state index is 12.2. The second-order valence-corrected chi connectivity index (χ2v) is 5.94. The summed E-state index contributed by atoms with van der Waals surface area (Å²) in [5.74, 6) is 1.03. The summed E-state index contributed by atoms with van der Waals surface area (Å²) >= 11 is 0. The van der Waals surface area contributed by atoms with Gasteiger partial charge in [-0.25, -0.2) is 0 Å². The zero-order chi connectivity index (χ0) is 16.7. The lowest BCUT2D eigenvalue weighted by atomic mass is 9.98. The van der Waals surface area contributed by atoms with Gasteiger partial charge in [0.1, 0.15) is 0 Å². The molecule has 1 aromatic carbocycles. The summed E-state index contributed by atoms with van der Waals surface area (Å²) in [6.07, 6.45) is 8.03. The van der Waals surface area contributed by atoms with E-state index < -0.39 is 0 Å². The van der Waals surface area contributed by atoms with Crippen molar-refractivity contribution in [2.45, 2.75) is 38.1 Å². The topological polar surface area (TPSA) is 73.6 Å². The molecule has 6 heteroatoms. The summed E-state index contributed by atoms with van der Waals surface area (Å²) in [7, 11) is 1.59. The fraction of sp³-hybridized carbons (Fsp3) is 0.500. The van der Waals surface area contributed by atoms with Crippen LogP contribution < -0.4 is 20.5 Å². The lowest BCUT2D eigenvalue weighted by molar-refractivity contribution is -0.124. The number of carbonyl (C=O) groups excluding carboxylic acids is 1. The van der Waals surface area contributed by atoms with Crippen LogP contribution in [0, 0.1) is 0 Å². The molecule has 3 N–H and O–H groups in total. The molecule has 1 aromatic rings. The number of nitrogens with two attached hydrogens (primary N) is 1. The van der Waals surface area contributed by atoms with Crippen molar-refractivity contribution in [3.8, 4) is 11.5 Å². The number of rotatable bonds is 7. The van der Waals surface area contributed by atoms with Crippen molar-refractivity contribution in [3.05, 3.63) is 29.8 Å². The minimum atomic E-state index is -0.250. The summed E-state index contributed by atoms with van der Waals surface area (Å²) in [4.78, 5) is 12.2. The first-order valence-electron chi connectivity index (χ1n) is 8.07. The number of ether oxygens (including phenoxy) is 2. The van der Waals surface area contributed by atoms with Crippen LogP contribution in [0.25, 0.3) is 6.08 Å². The van der Waals surface area contributed by atoms with Crippen LogP contribution in [0.2, 0.25) is 0 Å². The molecule has 5 nitrogen and oxygen atoms in total. The second kappa shape index (κ2) is 9.55. The van der Waals surface area contributed by atoms with E-state index in [1.807, 2.05) is 37.3 Å². The SMILES string of the molecule is C/C=C/c1ccc(OCC(=O)NC2(CN)CCCC2)c(OC)c1.Cl. The number of halogens is 1. The molecule has 1 saturated carbocycles. The quantitative estimate of drug-likeness (QED) is 0.789. The highest BCUT2D eigenvalue weighted by Gasteiger charge is 2.33. The number of nitrogens with one attached hydrogen (secondary N) is 1. The first-order chi connectivity index (χ1) is 11.1. The fourth-order valence-corrected chi connectivity index (χ4v) is 3.01. The van der Waals surface area contributed by atoms with Gasteiger partial charge >= 0.3 is 0 Å².